The van der Waals surface area contributed by atoms with Crippen LogP contribution in [0.15, 0.2) is 40.8 Å². The number of benzene rings is 2. The number of ether oxygens (including phenoxy) is 4. The molecule has 0 bridgehead atoms. The van der Waals surface area contributed by atoms with Gasteiger partial charge in [0.05, 0.1) is 24.8 Å². The summed E-state index contributed by atoms with van der Waals surface area (Å²) in [5.41, 5.74) is 0.0554. The highest BCUT2D eigenvalue weighted by atomic mass is 35.5. The Morgan fingerprint density at radius 3 is 1.70 bits per heavy atom. The van der Waals surface area contributed by atoms with E-state index in [4.69, 9.17) is 23.4 Å². The molecule has 16 nitrogen and oxygen atoms in total. The number of phenols is 3. The summed E-state index contributed by atoms with van der Waals surface area (Å²) in [7, 11) is 0. The van der Waals surface area contributed by atoms with Crippen LogP contribution in [-0.2, 0) is 9.47 Å². The molecule has 0 radical (unpaired) electrons. The minimum absolute atomic E-state index is 0. The van der Waals surface area contributed by atoms with Crippen LogP contribution in [0.25, 0.3) is 22.3 Å². The van der Waals surface area contributed by atoms with Gasteiger partial charge in [0, 0.05) is 18.2 Å². The summed E-state index contributed by atoms with van der Waals surface area (Å²) in [4.78, 5) is 0. The summed E-state index contributed by atoms with van der Waals surface area (Å²) < 4.78 is 28.4. The van der Waals surface area contributed by atoms with E-state index >= 15 is 0 Å². The molecule has 44 heavy (non-hydrogen) atoms. The summed E-state index contributed by atoms with van der Waals surface area (Å²) in [6.45, 7) is -1.46. The third-order valence-electron chi connectivity index (χ3n) is 7.22. The van der Waals surface area contributed by atoms with E-state index in [2.05, 4.69) is 0 Å². The Bertz CT molecular complexity index is 1450. The first-order valence-corrected chi connectivity index (χ1v) is 13.0. The van der Waals surface area contributed by atoms with Crippen molar-refractivity contribution in [1.82, 2.24) is 0 Å². The van der Waals surface area contributed by atoms with Gasteiger partial charge in [-0.15, -0.1) is 0 Å². The van der Waals surface area contributed by atoms with Gasteiger partial charge < -0.3 is 87.5 Å². The molecule has 1 aromatic heterocycles. The van der Waals surface area contributed by atoms with Gasteiger partial charge >= 0.3 is 11.3 Å². The molecule has 5 rings (SSSR count). The van der Waals surface area contributed by atoms with Crippen molar-refractivity contribution in [2.24, 2.45) is 0 Å². The Balaban J connectivity index is 0.00000442. The second-order valence-corrected chi connectivity index (χ2v) is 10.1. The molecule has 2 aromatic carbocycles. The number of aliphatic hydroxyl groups excluding tert-OH is 8. The average Bonchev–Trinajstić information content (AvgIpc) is 2.98. The van der Waals surface area contributed by atoms with E-state index in [9.17, 15) is 56.2 Å². The molecule has 3 heterocycles. The zero-order valence-electron chi connectivity index (χ0n) is 22.5. The number of rotatable bonds is 7. The fraction of sp³-hybridized carbons (Fsp3) is 0.444. The van der Waals surface area contributed by atoms with Crippen LogP contribution >= 0.6 is 0 Å². The third kappa shape index (κ3) is 6.28. The minimum Gasteiger partial charge on any atom is -1.00 e. The van der Waals surface area contributed by atoms with Gasteiger partial charge in [0.25, 0.3) is 0 Å². The zero-order valence-corrected chi connectivity index (χ0v) is 23.2. The Morgan fingerprint density at radius 1 is 0.636 bits per heavy atom. The highest BCUT2D eigenvalue weighted by Gasteiger charge is 2.47. The van der Waals surface area contributed by atoms with Crippen LogP contribution in [-0.4, -0.2) is 131 Å². The smallest absolute Gasteiger partial charge is 0.402 e. The minimum atomic E-state index is -1.82. The fourth-order valence-corrected chi connectivity index (χ4v) is 4.80. The van der Waals surface area contributed by atoms with E-state index in [1.54, 1.807) is 0 Å². The topological polar surface area (TPSA) is 271 Å². The molecule has 2 fully saturated rings. The number of phenolic OH excluding ortho intramolecular Hbond substituents is 3. The Morgan fingerprint density at radius 2 is 1.18 bits per heavy atom. The van der Waals surface area contributed by atoms with Crippen molar-refractivity contribution in [2.75, 3.05) is 13.2 Å². The molecule has 2 saturated heterocycles. The van der Waals surface area contributed by atoms with E-state index in [1.807, 2.05) is 0 Å². The molecule has 242 valence electrons. The average molecular weight is 647 g/mol. The molecular formula is C27H31ClO16. The first-order chi connectivity index (χ1) is 20.4. The van der Waals surface area contributed by atoms with Crippen molar-refractivity contribution < 1.29 is 91.9 Å². The lowest BCUT2D eigenvalue weighted by atomic mass is 9.99. The molecule has 2 aliphatic heterocycles. The van der Waals surface area contributed by atoms with Gasteiger partial charge in [-0.25, -0.2) is 4.42 Å². The first kappa shape index (κ1) is 33.6. The molecule has 0 aliphatic carbocycles. The van der Waals surface area contributed by atoms with E-state index in [0.29, 0.717) is 0 Å². The summed E-state index contributed by atoms with van der Waals surface area (Å²) in [5.74, 6) is -1.96. The lowest BCUT2D eigenvalue weighted by Gasteiger charge is -2.39. The molecule has 0 unspecified atom stereocenters. The lowest BCUT2D eigenvalue weighted by molar-refractivity contribution is -0.277. The van der Waals surface area contributed by atoms with Crippen LogP contribution in [0.4, 0.5) is 0 Å². The van der Waals surface area contributed by atoms with Crippen LogP contribution in [0, 0.1) is 0 Å². The van der Waals surface area contributed by atoms with Crippen LogP contribution < -0.4 is 21.9 Å². The molecule has 11 N–H and O–H groups in total. The van der Waals surface area contributed by atoms with E-state index in [-0.39, 0.29) is 46.2 Å². The maximum atomic E-state index is 10.6. The Hall–Kier alpha value is -3.26. The van der Waals surface area contributed by atoms with Gasteiger partial charge in [-0.1, -0.05) is 0 Å². The maximum absolute atomic E-state index is 10.6. The molecule has 3 aromatic rings. The molecule has 0 amide bonds. The molecule has 10 atom stereocenters. The summed E-state index contributed by atoms with van der Waals surface area (Å²) in [6, 6.07) is 7.17. The van der Waals surface area contributed by atoms with Crippen LogP contribution in [0.5, 0.6) is 28.7 Å². The number of halogens is 1. The van der Waals surface area contributed by atoms with E-state index in [1.165, 1.54) is 18.2 Å². The molecule has 0 saturated carbocycles. The van der Waals surface area contributed by atoms with Gasteiger partial charge in [0.15, 0.2) is 11.5 Å². The standard InChI is InChI=1S/C27H30O16.ClH/c28-7-17-19(33)21(35)23(37)26(42-17)40-15-5-10(30)4-14-11(15)6-16(25(39-14)9-1-2-12(31)13(32)3-9)41-27-24(38)22(36)20(34)18(8-29)43-27;/h1-6,17-24,26-29,33-38H,7-8H2,(H2-,30,31,32);1H/t17-,18-,19-,20-,21+,22+,23-,24-,26-,27-;/m1./s1. The normalized spacial score (nSPS) is 32.2. The van der Waals surface area contributed by atoms with Gasteiger partial charge in [-0.2, -0.15) is 0 Å². The number of aliphatic hydroxyl groups is 8. The van der Waals surface area contributed by atoms with Crippen LogP contribution in [0.1, 0.15) is 0 Å². The fourth-order valence-electron chi connectivity index (χ4n) is 4.80. The number of fused-ring (bicyclic) bond motifs is 1. The van der Waals surface area contributed by atoms with Gasteiger partial charge in [0.1, 0.15) is 65.7 Å². The molecule has 0 spiro atoms. The number of hydrogen-bond donors (Lipinski definition) is 11. The Kier molecular flexibility index (Phi) is 10.2. The molecule has 17 heteroatoms. The highest BCUT2D eigenvalue weighted by Crippen LogP contribution is 2.43. The predicted molar refractivity (Wildman–Crippen MR) is 140 cm³/mol. The predicted octanol–water partition coefficient (Wildman–Crippen LogP) is -5.14. The maximum Gasteiger partial charge on any atom is 0.402 e. The van der Waals surface area contributed by atoms with Crippen molar-refractivity contribution >= 4 is 11.0 Å². The Labute approximate surface area is 254 Å². The monoisotopic (exact) mass is 646 g/mol. The van der Waals surface area contributed by atoms with Gasteiger partial charge in [-0.05, 0) is 12.1 Å². The second kappa shape index (κ2) is 13.4. The van der Waals surface area contributed by atoms with Gasteiger partial charge in [0.2, 0.25) is 18.3 Å². The van der Waals surface area contributed by atoms with Crippen molar-refractivity contribution in [1.29, 1.82) is 0 Å². The van der Waals surface area contributed by atoms with Crippen molar-refractivity contribution in [3.05, 3.63) is 36.4 Å². The molecule has 2 aliphatic rings. The van der Waals surface area contributed by atoms with Crippen LogP contribution in [0.2, 0.25) is 0 Å². The van der Waals surface area contributed by atoms with Gasteiger partial charge in [-0.3, -0.25) is 0 Å². The number of aromatic hydroxyl groups is 3. The highest BCUT2D eigenvalue weighted by molar-refractivity contribution is 5.89. The SMILES string of the molecule is OC[C@H]1O[C@@H](Oc2cc3c(O[C@@H]4O[C@H](CO)[C@@H](O)[C@H](O)[C@H]4O)cc(O)cc3[o+]c2-c2ccc(O)c(O)c2)[C@H](O)[C@@H](O)[C@@H]1O.[Cl-]. The molecular weight excluding hydrogens is 616 g/mol. The summed E-state index contributed by atoms with van der Waals surface area (Å²) in [6.07, 6.45) is -16.4. The number of hydrogen-bond acceptors (Lipinski definition) is 15. The largest absolute Gasteiger partial charge is 1.00 e. The van der Waals surface area contributed by atoms with Crippen molar-refractivity contribution in [2.45, 2.75) is 61.4 Å². The first-order valence-electron chi connectivity index (χ1n) is 13.0. The lowest BCUT2D eigenvalue weighted by Crippen LogP contribution is -3.00. The van der Waals surface area contributed by atoms with Crippen LogP contribution in [0.3, 0.4) is 0 Å². The van der Waals surface area contributed by atoms with E-state index < -0.39 is 91.9 Å². The summed E-state index contributed by atoms with van der Waals surface area (Å²) in [5, 5.41) is 111. The third-order valence-corrected chi connectivity index (χ3v) is 7.22. The second-order valence-electron chi connectivity index (χ2n) is 10.1. The zero-order chi connectivity index (χ0) is 31.2. The van der Waals surface area contributed by atoms with E-state index in [0.717, 1.165) is 18.2 Å². The van der Waals surface area contributed by atoms with Crippen molar-refractivity contribution in [3.63, 3.8) is 0 Å². The summed E-state index contributed by atoms with van der Waals surface area (Å²) >= 11 is 0. The van der Waals surface area contributed by atoms with Crippen molar-refractivity contribution in [3.8, 4) is 40.1 Å². The quantitative estimate of drug-likeness (QED) is 0.0846.